The van der Waals surface area contributed by atoms with Crippen molar-refractivity contribution in [1.82, 2.24) is 0 Å². The number of benzene rings is 1. The lowest BCUT2D eigenvalue weighted by Crippen LogP contribution is -3.61. The van der Waals surface area contributed by atoms with Crippen molar-refractivity contribution in [1.29, 1.82) is 0 Å². The van der Waals surface area contributed by atoms with Crippen LogP contribution in [0.3, 0.4) is 0 Å². The van der Waals surface area contributed by atoms with Crippen LogP contribution in [0.2, 0.25) is 0 Å². The van der Waals surface area contributed by atoms with E-state index in [0.29, 0.717) is 0 Å². The van der Waals surface area contributed by atoms with Crippen molar-refractivity contribution in [2.45, 2.75) is 33.0 Å². The highest BCUT2D eigenvalue weighted by Crippen LogP contribution is 2.22. The Labute approximate surface area is 108 Å². The molecule has 4 heteroatoms. The van der Waals surface area contributed by atoms with Gasteiger partial charge >= 0.3 is 21.6 Å². The molecule has 0 spiro atoms. The molecule has 90 valence electrons. The predicted molar refractivity (Wildman–Crippen MR) is 58.5 cm³/mol. The first-order valence-electron chi connectivity index (χ1n) is 5.21. The Morgan fingerprint density at radius 3 is 2.44 bits per heavy atom. The second kappa shape index (κ2) is 6.42. The molecule has 0 aliphatic rings. The average molecular weight is 337 g/mol. The fourth-order valence-electron chi connectivity index (χ4n) is 1.40. The standard InChI is InChI=1S/C12H18IO3/c1-8(2)16-11-7-5-6-10(9(3)15-4)12(11)13-14/h5-9,14H,1-4H3/q+1/t9-/m0/s1. The van der Waals surface area contributed by atoms with Gasteiger partial charge in [-0.25, -0.2) is 0 Å². The summed E-state index contributed by atoms with van der Waals surface area (Å²) in [4.78, 5) is 0. The summed E-state index contributed by atoms with van der Waals surface area (Å²) >= 11 is -1.01. The molecule has 1 atom stereocenters. The van der Waals surface area contributed by atoms with E-state index in [1.54, 1.807) is 7.11 Å². The van der Waals surface area contributed by atoms with E-state index in [4.69, 9.17) is 9.47 Å². The van der Waals surface area contributed by atoms with Crippen molar-refractivity contribution in [2.24, 2.45) is 0 Å². The summed E-state index contributed by atoms with van der Waals surface area (Å²) in [7, 11) is 1.67. The molecule has 0 aliphatic heterocycles. The highest BCUT2D eigenvalue weighted by molar-refractivity contribution is 5.29. The van der Waals surface area contributed by atoms with E-state index in [-0.39, 0.29) is 12.2 Å². The van der Waals surface area contributed by atoms with Gasteiger partial charge < -0.3 is 9.47 Å². The van der Waals surface area contributed by atoms with Gasteiger partial charge in [0.1, 0.15) is 0 Å². The molecule has 0 radical (unpaired) electrons. The number of ether oxygens (including phenoxy) is 2. The molecule has 0 saturated heterocycles. The van der Waals surface area contributed by atoms with Gasteiger partial charge in [-0.3, -0.25) is 0 Å². The maximum absolute atomic E-state index is 9.53. The van der Waals surface area contributed by atoms with Crippen LogP contribution in [0.15, 0.2) is 18.2 Å². The lowest BCUT2D eigenvalue weighted by atomic mass is 10.1. The van der Waals surface area contributed by atoms with Gasteiger partial charge in [0, 0.05) is 12.7 Å². The van der Waals surface area contributed by atoms with Crippen molar-refractivity contribution in [3.8, 4) is 5.75 Å². The lowest BCUT2D eigenvalue weighted by molar-refractivity contribution is -0.867. The van der Waals surface area contributed by atoms with E-state index >= 15 is 0 Å². The Balaban J connectivity index is 3.10. The first-order valence-corrected chi connectivity index (χ1v) is 7.25. The van der Waals surface area contributed by atoms with Crippen LogP contribution in [0.5, 0.6) is 5.75 Å². The van der Waals surface area contributed by atoms with Crippen molar-refractivity contribution < 1.29 is 34.5 Å². The molecule has 3 nitrogen and oxygen atoms in total. The number of rotatable bonds is 5. The van der Waals surface area contributed by atoms with Crippen molar-refractivity contribution in [3.63, 3.8) is 0 Å². The highest BCUT2D eigenvalue weighted by atomic mass is 127. The van der Waals surface area contributed by atoms with E-state index in [0.717, 1.165) is 14.9 Å². The first-order chi connectivity index (χ1) is 7.60. The summed E-state index contributed by atoms with van der Waals surface area (Å²) in [5.74, 6) is 0.784. The molecule has 16 heavy (non-hydrogen) atoms. The van der Waals surface area contributed by atoms with E-state index < -0.39 is 21.6 Å². The zero-order valence-electron chi connectivity index (χ0n) is 10.0. The van der Waals surface area contributed by atoms with E-state index in [1.165, 1.54) is 0 Å². The molecule has 0 unspecified atom stereocenters. The van der Waals surface area contributed by atoms with Gasteiger partial charge in [0.25, 0.3) is 3.57 Å². The van der Waals surface area contributed by atoms with Gasteiger partial charge in [-0.15, -0.1) is 0 Å². The summed E-state index contributed by atoms with van der Waals surface area (Å²) in [6.45, 7) is 5.93. The highest BCUT2D eigenvalue weighted by Gasteiger charge is 2.26. The second-order valence-corrected chi connectivity index (χ2v) is 5.35. The summed E-state index contributed by atoms with van der Waals surface area (Å²) < 4.78 is 21.4. The van der Waals surface area contributed by atoms with Crippen LogP contribution < -0.4 is 26.4 Å². The second-order valence-electron chi connectivity index (χ2n) is 3.79. The van der Waals surface area contributed by atoms with Gasteiger partial charge in [-0.05, 0) is 26.8 Å². The van der Waals surface area contributed by atoms with Crippen LogP contribution in [0.1, 0.15) is 32.4 Å². The summed E-state index contributed by atoms with van der Waals surface area (Å²) in [5, 5.41) is 0. The smallest absolute Gasteiger partial charge is 0.486 e. The maximum Gasteiger partial charge on any atom is 0.523 e. The Kier molecular flexibility index (Phi) is 5.51. The van der Waals surface area contributed by atoms with Crippen LogP contribution in [0.4, 0.5) is 0 Å². The largest absolute Gasteiger partial charge is 0.523 e. The minimum absolute atomic E-state index is 0.0161. The molecule has 0 aromatic heterocycles. The first kappa shape index (κ1) is 13.7. The number of hydrogen-bond acceptors (Lipinski definition) is 3. The van der Waals surface area contributed by atoms with E-state index in [9.17, 15) is 3.44 Å². The Bertz CT molecular complexity index is 339. The van der Waals surface area contributed by atoms with E-state index in [2.05, 4.69) is 0 Å². The topological polar surface area (TPSA) is 38.7 Å². The molecule has 1 N–H and O–H groups in total. The third-order valence-electron chi connectivity index (χ3n) is 2.23. The fraction of sp³-hybridized carbons (Fsp3) is 0.500. The fourth-order valence-corrected chi connectivity index (χ4v) is 2.85. The third kappa shape index (κ3) is 3.33. The Morgan fingerprint density at radius 2 is 1.94 bits per heavy atom. The minimum Gasteiger partial charge on any atom is -0.486 e. The Hall–Kier alpha value is -0.330. The summed E-state index contributed by atoms with van der Waals surface area (Å²) in [6, 6.07) is 5.81. The van der Waals surface area contributed by atoms with Crippen LogP contribution in [-0.2, 0) is 4.74 Å². The maximum atomic E-state index is 9.53. The normalized spacial score (nSPS) is 12.9. The molecule has 0 heterocycles. The molecule has 1 aromatic rings. The van der Waals surface area contributed by atoms with Gasteiger partial charge in [0.2, 0.25) is 0 Å². The van der Waals surface area contributed by atoms with Crippen LogP contribution in [0, 0.1) is 3.57 Å². The van der Waals surface area contributed by atoms with Crippen molar-refractivity contribution in [2.75, 3.05) is 7.11 Å². The molecular weight excluding hydrogens is 319 g/mol. The van der Waals surface area contributed by atoms with Gasteiger partial charge in [0.15, 0.2) is 5.75 Å². The van der Waals surface area contributed by atoms with Gasteiger partial charge in [-0.2, -0.15) is 3.44 Å². The molecular formula is C12H18IO3+. The van der Waals surface area contributed by atoms with Crippen LogP contribution in [0.25, 0.3) is 0 Å². The van der Waals surface area contributed by atoms with E-state index in [1.807, 2.05) is 39.0 Å². The molecule has 0 saturated carbocycles. The zero-order chi connectivity index (χ0) is 12.1. The predicted octanol–water partition coefficient (Wildman–Crippen LogP) is -0.653. The Morgan fingerprint density at radius 1 is 1.25 bits per heavy atom. The van der Waals surface area contributed by atoms with Crippen molar-refractivity contribution in [3.05, 3.63) is 27.3 Å². The monoisotopic (exact) mass is 337 g/mol. The SMILES string of the molecule is CO[C@@H](C)c1cccc(OC(C)C)c1[I+]O. The van der Waals surface area contributed by atoms with Gasteiger partial charge in [0.05, 0.1) is 12.2 Å². The third-order valence-corrected chi connectivity index (χ3v) is 3.87. The lowest BCUT2D eigenvalue weighted by Gasteiger charge is -2.13. The zero-order valence-corrected chi connectivity index (χ0v) is 12.2. The van der Waals surface area contributed by atoms with Gasteiger partial charge in [-0.1, -0.05) is 12.1 Å². The van der Waals surface area contributed by atoms with Crippen LogP contribution >= 0.6 is 0 Å². The number of halogens is 1. The average Bonchev–Trinajstić information content (AvgIpc) is 2.27. The molecule has 0 amide bonds. The van der Waals surface area contributed by atoms with Crippen LogP contribution in [-0.4, -0.2) is 16.6 Å². The summed E-state index contributed by atoms with van der Waals surface area (Å²) in [5.41, 5.74) is 1.02. The summed E-state index contributed by atoms with van der Waals surface area (Å²) in [6.07, 6.45) is 0.0972. The molecule has 0 aliphatic carbocycles. The molecule has 0 bridgehead atoms. The number of hydrogen-bond donors (Lipinski definition) is 1. The quantitative estimate of drug-likeness (QED) is 0.726. The molecule has 1 aromatic carbocycles. The van der Waals surface area contributed by atoms with Crippen molar-refractivity contribution >= 4 is 0 Å². The molecule has 0 fully saturated rings. The molecule has 1 rings (SSSR count). The minimum atomic E-state index is -1.01. The number of methoxy groups -OCH3 is 1.